The summed E-state index contributed by atoms with van der Waals surface area (Å²) in [6, 6.07) is 5.43. The molecule has 0 aliphatic carbocycles. The highest BCUT2D eigenvalue weighted by atomic mass is 32.2. The zero-order valence-corrected chi connectivity index (χ0v) is 13.2. The van der Waals surface area contributed by atoms with E-state index in [9.17, 15) is 13.0 Å². The predicted molar refractivity (Wildman–Crippen MR) is 78.3 cm³/mol. The molecule has 0 saturated carbocycles. The summed E-state index contributed by atoms with van der Waals surface area (Å²) in [6.07, 6.45) is 1.74. The quantitative estimate of drug-likeness (QED) is 0.827. The summed E-state index contributed by atoms with van der Waals surface area (Å²) in [7, 11) is -4.19. The van der Waals surface area contributed by atoms with E-state index >= 15 is 0 Å². The Morgan fingerprint density at radius 1 is 1.26 bits per heavy atom. The Labute approximate surface area is 116 Å². The first-order valence-electron chi connectivity index (χ1n) is 6.75. The van der Waals surface area contributed by atoms with Crippen LogP contribution in [0.3, 0.4) is 0 Å². The second-order valence-corrected chi connectivity index (χ2v) is 7.17. The van der Waals surface area contributed by atoms with E-state index in [0.29, 0.717) is 5.56 Å². The Morgan fingerprint density at radius 2 is 1.84 bits per heavy atom. The highest BCUT2D eigenvalue weighted by Crippen LogP contribution is 2.34. The lowest BCUT2D eigenvalue weighted by Gasteiger charge is -2.26. The molecule has 1 rings (SSSR count). The summed E-state index contributed by atoms with van der Waals surface area (Å²) >= 11 is 0. The van der Waals surface area contributed by atoms with E-state index in [1.165, 1.54) is 0 Å². The fraction of sp³-hybridized carbons (Fsp3) is 0.600. The highest BCUT2D eigenvalue weighted by molar-refractivity contribution is 7.85. The van der Waals surface area contributed by atoms with E-state index < -0.39 is 10.1 Å². The van der Waals surface area contributed by atoms with Crippen molar-refractivity contribution in [3.05, 3.63) is 29.3 Å². The van der Waals surface area contributed by atoms with Crippen LogP contribution in [0.5, 0.6) is 0 Å². The number of rotatable bonds is 5. The maximum atomic E-state index is 11.6. The molecule has 1 N–H and O–H groups in total. The topological polar surface area (TPSA) is 54.4 Å². The smallest absolute Gasteiger partial charge is 0.282 e. The van der Waals surface area contributed by atoms with Gasteiger partial charge in [0.15, 0.2) is 0 Å². The van der Waals surface area contributed by atoms with Crippen LogP contribution in [0.1, 0.15) is 64.5 Å². The third kappa shape index (κ3) is 3.57. The van der Waals surface area contributed by atoms with Crippen LogP contribution in [0, 0.1) is 0 Å². The molecule has 0 fully saturated rings. The number of benzene rings is 1. The molecule has 108 valence electrons. The first-order valence-corrected chi connectivity index (χ1v) is 8.19. The first-order chi connectivity index (χ1) is 8.63. The first kappa shape index (κ1) is 16.2. The van der Waals surface area contributed by atoms with Gasteiger partial charge in [-0.05, 0) is 41.4 Å². The Balaban J connectivity index is 3.51. The van der Waals surface area contributed by atoms with E-state index in [2.05, 4.69) is 6.92 Å². The molecule has 3 nitrogen and oxygen atoms in total. The van der Waals surface area contributed by atoms with Gasteiger partial charge in [-0.25, -0.2) is 0 Å². The summed E-state index contributed by atoms with van der Waals surface area (Å²) in [5.74, 6) is 0.277. The second kappa shape index (κ2) is 5.63. The van der Waals surface area contributed by atoms with E-state index in [0.717, 1.165) is 18.4 Å². The van der Waals surface area contributed by atoms with Crippen molar-refractivity contribution in [2.24, 2.45) is 0 Å². The summed E-state index contributed by atoms with van der Waals surface area (Å²) in [6.45, 7) is 10.1. The fourth-order valence-electron chi connectivity index (χ4n) is 2.04. The van der Waals surface area contributed by atoms with Gasteiger partial charge in [0.2, 0.25) is 0 Å². The van der Waals surface area contributed by atoms with Gasteiger partial charge >= 0.3 is 0 Å². The monoisotopic (exact) mass is 284 g/mol. The van der Waals surface area contributed by atoms with Gasteiger partial charge in [0.05, 0.1) is 4.90 Å². The van der Waals surface area contributed by atoms with Crippen LogP contribution in [0.25, 0.3) is 0 Å². The van der Waals surface area contributed by atoms with Crippen molar-refractivity contribution >= 4 is 10.1 Å². The van der Waals surface area contributed by atoms with Gasteiger partial charge in [-0.1, -0.05) is 46.8 Å². The lowest BCUT2D eigenvalue weighted by Crippen LogP contribution is -2.20. The molecule has 0 aliphatic heterocycles. The molecule has 1 aromatic carbocycles. The molecule has 0 aliphatic rings. The molecule has 19 heavy (non-hydrogen) atoms. The molecule has 0 radical (unpaired) electrons. The molecule has 0 saturated heterocycles. The van der Waals surface area contributed by atoms with Gasteiger partial charge < -0.3 is 0 Å². The van der Waals surface area contributed by atoms with Crippen molar-refractivity contribution < 1.29 is 13.0 Å². The van der Waals surface area contributed by atoms with Crippen molar-refractivity contribution in [1.29, 1.82) is 0 Å². The number of hydrogen-bond acceptors (Lipinski definition) is 2. The minimum atomic E-state index is -4.19. The SMILES string of the molecule is CCC(C)c1ccc(C(C)(C)CC)c(S(=O)(=O)O)c1. The average molecular weight is 284 g/mol. The summed E-state index contributed by atoms with van der Waals surface area (Å²) in [5, 5.41) is 0. The van der Waals surface area contributed by atoms with E-state index in [1.807, 2.05) is 39.8 Å². The van der Waals surface area contributed by atoms with Crippen molar-refractivity contribution in [3.8, 4) is 0 Å². The second-order valence-electron chi connectivity index (χ2n) is 5.78. The third-order valence-corrected chi connectivity index (χ3v) is 4.97. The van der Waals surface area contributed by atoms with Crippen molar-refractivity contribution in [3.63, 3.8) is 0 Å². The predicted octanol–water partition coefficient (Wildman–Crippen LogP) is 4.13. The van der Waals surface area contributed by atoms with E-state index in [1.54, 1.807) is 6.07 Å². The Kier molecular flexibility index (Phi) is 4.80. The molecule has 0 aromatic heterocycles. The molecule has 1 aromatic rings. The molecule has 1 unspecified atom stereocenters. The molecule has 4 heteroatoms. The third-order valence-electron chi connectivity index (χ3n) is 4.08. The van der Waals surface area contributed by atoms with Crippen molar-refractivity contribution in [1.82, 2.24) is 0 Å². The van der Waals surface area contributed by atoms with Crippen molar-refractivity contribution in [2.75, 3.05) is 0 Å². The van der Waals surface area contributed by atoms with Crippen LogP contribution in [-0.2, 0) is 15.5 Å². The molecule has 0 spiro atoms. The maximum absolute atomic E-state index is 11.6. The van der Waals surface area contributed by atoms with E-state index in [-0.39, 0.29) is 16.2 Å². The van der Waals surface area contributed by atoms with Crippen LogP contribution in [0.15, 0.2) is 23.1 Å². The molecule has 1 atom stereocenters. The minimum absolute atomic E-state index is 0.0529. The standard InChI is InChI=1S/C15H24O3S/c1-6-11(3)12-8-9-13(15(4,5)7-2)14(10-12)19(16,17)18/h8-11H,6-7H2,1-5H3,(H,16,17,18). The van der Waals surface area contributed by atoms with E-state index in [4.69, 9.17) is 0 Å². The van der Waals surface area contributed by atoms with Gasteiger partial charge in [-0.2, -0.15) is 8.42 Å². The van der Waals surface area contributed by atoms with Crippen LogP contribution in [-0.4, -0.2) is 13.0 Å². The van der Waals surface area contributed by atoms with Gasteiger partial charge in [0.1, 0.15) is 0 Å². The normalized spacial score (nSPS) is 14.4. The zero-order valence-electron chi connectivity index (χ0n) is 12.4. The fourth-order valence-corrected chi connectivity index (χ4v) is 2.95. The minimum Gasteiger partial charge on any atom is -0.282 e. The summed E-state index contributed by atoms with van der Waals surface area (Å²) in [4.78, 5) is 0.0529. The average Bonchev–Trinajstić information content (AvgIpc) is 2.36. The largest absolute Gasteiger partial charge is 0.294 e. The Morgan fingerprint density at radius 3 is 2.26 bits per heavy atom. The van der Waals surface area contributed by atoms with Gasteiger partial charge in [0.25, 0.3) is 10.1 Å². The lowest BCUT2D eigenvalue weighted by molar-refractivity contribution is 0.463. The molecule has 0 bridgehead atoms. The molecular formula is C15H24O3S. The molecule has 0 heterocycles. The van der Waals surface area contributed by atoms with Crippen molar-refractivity contribution in [2.45, 2.75) is 63.7 Å². The Hall–Kier alpha value is -0.870. The van der Waals surface area contributed by atoms with Crippen LogP contribution in [0.4, 0.5) is 0 Å². The summed E-state index contributed by atoms with van der Waals surface area (Å²) in [5.41, 5.74) is 1.36. The van der Waals surface area contributed by atoms with Crippen LogP contribution >= 0.6 is 0 Å². The van der Waals surface area contributed by atoms with Gasteiger partial charge in [-0.15, -0.1) is 0 Å². The van der Waals surface area contributed by atoms with Gasteiger partial charge in [0, 0.05) is 0 Å². The molecule has 0 amide bonds. The van der Waals surface area contributed by atoms with Crippen LogP contribution in [0.2, 0.25) is 0 Å². The van der Waals surface area contributed by atoms with Gasteiger partial charge in [-0.3, -0.25) is 4.55 Å². The number of hydrogen-bond donors (Lipinski definition) is 1. The molecular weight excluding hydrogens is 260 g/mol. The lowest BCUT2D eigenvalue weighted by atomic mass is 9.81. The highest BCUT2D eigenvalue weighted by Gasteiger charge is 2.27. The maximum Gasteiger partial charge on any atom is 0.294 e. The Bertz CT molecular complexity index is 545. The zero-order chi connectivity index (χ0) is 14.8. The van der Waals surface area contributed by atoms with Crippen LogP contribution < -0.4 is 0 Å². The summed E-state index contributed by atoms with van der Waals surface area (Å²) < 4.78 is 32.7.